The zero-order valence-electron chi connectivity index (χ0n) is 12.5. The number of hydrogen-bond acceptors (Lipinski definition) is 5. The largest absolute Gasteiger partial charge is 0.468 e. The molecule has 0 bridgehead atoms. The van der Waals surface area contributed by atoms with E-state index in [1.807, 2.05) is 0 Å². The van der Waals surface area contributed by atoms with E-state index in [4.69, 9.17) is 4.74 Å². The van der Waals surface area contributed by atoms with E-state index in [1.54, 1.807) is 0 Å². The predicted octanol–water partition coefficient (Wildman–Crippen LogP) is 0.117. The van der Waals surface area contributed by atoms with Crippen molar-refractivity contribution in [3.8, 4) is 0 Å². The summed E-state index contributed by atoms with van der Waals surface area (Å²) < 4.78 is 5.07. The second-order valence-electron chi connectivity index (χ2n) is 5.97. The molecule has 2 heterocycles. The zero-order chi connectivity index (χ0) is 13.8. The maximum Gasteiger partial charge on any atom is 0.323 e. The molecule has 110 valence electrons. The summed E-state index contributed by atoms with van der Waals surface area (Å²) in [5.74, 6) is 0.361. The van der Waals surface area contributed by atoms with Gasteiger partial charge in [-0.05, 0) is 39.4 Å². The first-order valence-corrected chi connectivity index (χ1v) is 7.30. The van der Waals surface area contributed by atoms with Gasteiger partial charge in [0.1, 0.15) is 6.04 Å². The first kappa shape index (κ1) is 14.8. The van der Waals surface area contributed by atoms with Gasteiger partial charge in [-0.2, -0.15) is 0 Å². The Bertz CT molecular complexity index is 303. The van der Waals surface area contributed by atoms with Crippen molar-refractivity contribution in [2.75, 3.05) is 60.5 Å². The number of ether oxygens (including phenoxy) is 1. The van der Waals surface area contributed by atoms with Crippen molar-refractivity contribution < 1.29 is 9.53 Å². The number of rotatable bonds is 3. The fourth-order valence-corrected chi connectivity index (χ4v) is 3.32. The average Bonchev–Trinajstić information content (AvgIpc) is 2.41. The van der Waals surface area contributed by atoms with Gasteiger partial charge >= 0.3 is 5.97 Å². The molecule has 5 heteroatoms. The van der Waals surface area contributed by atoms with Crippen LogP contribution in [0.5, 0.6) is 0 Å². The van der Waals surface area contributed by atoms with Crippen LogP contribution in [-0.2, 0) is 9.53 Å². The van der Waals surface area contributed by atoms with E-state index in [9.17, 15) is 4.79 Å². The molecule has 2 unspecified atom stereocenters. The molecule has 2 atom stereocenters. The van der Waals surface area contributed by atoms with Gasteiger partial charge in [0.25, 0.3) is 0 Å². The molecule has 0 amide bonds. The predicted molar refractivity (Wildman–Crippen MR) is 75.1 cm³/mol. The number of methoxy groups -OCH3 is 1. The minimum absolute atomic E-state index is 0.0511. The molecule has 0 radical (unpaired) electrons. The normalized spacial score (nSPS) is 29.1. The van der Waals surface area contributed by atoms with Crippen LogP contribution in [0.3, 0.4) is 0 Å². The molecule has 0 spiro atoms. The van der Waals surface area contributed by atoms with Crippen LogP contribution in [-0.4, -0.2) is 87.2 Å². The number of piperazine rings is 1. The highest BCUT2D eigenvalue weighted by Gasteiger charge is 2.37. The summed E-state index contributed by atoms with van der Waals surface area (Å²) in [7, 11) is 5.79. The van der Waals surface area contributed by atoms with Crippen LogP contribution in [0.2, 0.25) is 0 Å². The van der Waals surface area contributed by atoms with E-state index in [0.717, 1.165) is 45.7 Å². The zero-order valence-corrected chi connectivity index (χ0v) is 12.5. The van der Waals surface area contributed by atoms with Crippen LogP contribution in [0.15, 0.2) is 0 Å². The number of hydrogen-bond donors (Lipinski definition) is 0. The SMILES string of the molecule is COC(=O)C(C1CCCN(C)C1)N1CCN(C)CC1. The molecule has 2 saturated heterocycles. The number of likely N-dealkylation sites (N-methyl/N-ethyl adjacent to an activating group) is 1. The van der Waals surface area contributed by atoms with Gasteiger partial charge in [-0.15, -0.1) is 0 Å². The molecule has 2 fully saturated rings. The van der Waals surface area contributed by atoms with Gasteiger partial charge in [-0.1, -0.05) is 0 Å². The lowest BCUT2D eigenvalue weighted by Gasteiger charge is -2.42. The van der Waals surface area contributed by atoms with Gasteiger partial charge in [-0.25, -0.2) is 0 Å². The van der Waals surface area contributed by atoms with Gasteiger partial charge in [0.05, 0.1) is 7.11 Å². The minimum atomic E-state index is -0.0542. The Balaban J connectivity index is 2.04. The standard InChI is InChI=1S/C14H27N3O2/c1-15-7-9-17(10-8-15)13(14(18)19-3)12-5-4-6-16(2)11-12/h12-13H,4-11H2,1-3H3. The molecule has 0 aliphatic carbocycles. The molecule has 5 nitrogen and oxygen atoms in total. The molecule has 0 saturated carbocycles. The highest BCUT2D eigenvalue weighted by atomic mass is 16.5. The van der Waals surface area contributed by atoms with Crippen molar-refractivity contribution in [1.29, 1.82) is 0 Å². The van der Waals surface area contributed by atoms with E-state index in [1.165, 1.54) is 13.5 Å². The van der Waals surface area contributed by atoms with Crippen LogP contribution in [0, 0.1) is 5.92 Å². The molecule has 0 N–H and O–H groups in total. The van der Waals surface area contributed by atoms with Crippen LogP contribution in [0.1, 0.15) is 12.8 Å². The summed E-state index contributed by atoms with van der Waals surface area (Å²) in [6, 6.07) is -0.0542. The van der Waals surface area contributed by atoms with Gasteiger partial charge in [0, 0.05) is 32.7 Å². The fourth-order valence-electron chi connectivity index (χ4n) is 3.32. The maximum atomic E-state index is 12.2. The first-order valence-electron chi connectivity index (χ1n) is 7.30. The Morgan fingerprint density at radius 3 is 2.37 bits per heavy atom. The summed E-state index contributed by atoms with van der Waals surface area (Å²) >= 11 is 0. The minimum Gasteiger partial charge on any atom is -0.468 e. The second-order valence-corrected chi connectivity index (χ2v) is 5.97. The Morgan fingerprint density at radius 1 is 1.11 bits per heavy atom. The van der Waals surface area contributed by atoms with E-state index < -0.39 is 0 Å². The highest BCUT2D eigenvalue weighted by Crippen LogP contribution is 2.24. The summed E-state index contributed by atoms with van der Waals surface area (Å²) in [4.78, 5) is 19.2. The van der Waals surface area contributed by atoms with Crippen LogP contribution < -0.4 is 0 Å². The number of carbonyl (C=O) groups is 1. The summed E-state index contributed by atoms with van der Waals surface area (Å²) in [5.41, 5.74) is 0. The van der Waals surface area contributed by atoms with Crippen molar-refractivity contribution in [3.63, 3.8) is 0 Å². The second kappa shape index (κ2) is 6.68. The van der Waals surface area contributed by atoms with E-state index in [-0.39, 0.29) is 12.0 Å². The topological polar surface area (TPSA) is 36.0 Å². The average molecular weight is 269 g/mol. The molecule has 2 rings (SSSR count). The number of likely N-dealkylation sites (tertiary alicyclic amines) is 1. The van der Waals surface area contributed by atoms with Gasteiger partial charge in [0.2, 0.25) is 0 Å². The molecule has 19 heavy (non-hydrogen) atoms. The van der Waals surface area contributed by atoms with Gasteiger partial charge in [0.15, 0.2) is 0 Å². The maximum absolute atomic E-state index is 12.2. The molecule has 2 aliphatic heterocycles. The molecule has 0 aromatic rings. The monoisotopic (exact) mass is 269 g/mol. The lowest BCUT2D eigenvalue weighted by Crippen LogP contribution is -2.56. The number of esters is 1. The van der Waals surface area contributed by atoms with Crippen molar-refractivity contribution in [1.82, 2.24) is 14.7 Å². The van der Waals surface area contributed by atoms with Gasteiger partial charge < -0.3 is 14.5 Å². The smallest absolute Gasteiger partial charge is 0.323 e. The molecular formula is C14H27N3O2. The van der Waals surface area contributed by atoms with Crippen LogP contribution in [0.25, 0.3) is 0 Å². The van der Waals surface area contributed by atoms with E-state index in [0.29, 0.717) is 5.92 Å². The van der Waals surface area contributed by atoms with Crippen LogP contribution in [0.4, 0.5) is 0 Å². The van der Waals surface area contributed by atoms with E-state index in [2.05, 4.69) is 28.8 Å². The molecule has 2 aliphatic rings. The molecular weight excluding hydrogens is 242 g/mol. The third-order valence-corrected chi connectivity index (χ3v) is 4.48. The molecule has 0 aromatic heterocycles. The summed E-state index contributed by atoms with van der Waals surface area (Å²) in [5, 5.41) is 0. The first-order chi connectivity index (χ1) is 9.11. The van der Waals surface area contributed by atoms with E-state index >= 15 is 0 Å². The fraction of sp³-hybridized carbons (Fsp3) is 0.929. The Kier molecular flexibility index (Phi) is 5.19. The Hall–Kier alpha value is -0.650. The summed E-state index contributed by atoms with van der Waals surface area (Å²) in [6.07, 6.45) is 2.32. The van der Waals surface area contributed by atoms with Crippen molar-refractivity contribution >= 4 is 5.97 Å². The van der Waals surface area contributed by atoms with Gasteiger partial charge in [-0.3, -0.25) is 9.69 Å². The third kappa shape index (κ3) is 3.68. The number of carbonyl (C=O) groups excluding carboxylic acids is 1. The Morgan fingerprint density at radius 2 is 1.79 bits per heavy atom. The highest BCUT2D eigenvalue weighted by molar-refractivity contribution is 5.76. The molecule has 0 aromatic carbocycles. The van der Waals surface area contributed by atoms with Crippen molar-refractivity contribution in [2.45, 2.75) is 18.9 Å². The van der Waals surface area contributed by atoms with Crippen molar-refractivity contribution in [3.05, 3.63) is 0 Å². The lowest BCUT2D eigenvalue weighted by atomic mass is 9.89. The number of nitrogens with zero attached hydrogens (tertiary/aromatic N) is 3. The van der Waals surface area contributed by atoms with Crippen molar-refractivity contribution in [2.24, 2.45) is 5.92 Å². The Labute approximate surface area is 116 Å². The third-order valence-electron chi connectivity index (χ3n) is 4.48. The lowest BCUT2D eigenvalue weighted by molar-refractivity contribution is -0.151. The quantitative estimate of drug-likeness (QED) is 0.680. The summed E-state index contributed by atoms with van der Waals surface area (Å²) in [6.45, 7) is 6.16. The van der Waals surface area contributed by atoms with Crippen LogP contribution >= 0.6 is 0 Å². The number of piperidine rings is 1.